The molecule has 0 saturated heterocycles. The molecule has 0 aromatic rings. The van der Waals surface area contributed by atoms with Crippen LogP contribution < -0.4 is 34.7 Å². The Morgan fingerprint density at radius 2 is 1.08 bits per heavy atom. The number of hydrogen-bond acceptors (Lipinski definition) is 4. The molecule has 0 aromatic heterocycles. The van der Waals surface area contributed by atoms with Gasteiger partial charge in [0.15, 0.2) is 0 Å². The van der Waals surface area contributed by atoms with Gasteiger partial charge in [0.1, 0.15) is 0 Å². The molecular formula is C5H5NaO7. The van der Waals surface area contributed by atoms with Crippen LogP contribution in [0.2, 0.25) is 0 Å². The van der Waals surface area contributed by atoms with Crippen LogP contribution in [0.25, 0.3) is 0 Å². The number of carboxylic acid groups (broad SMARTS) is 4. The fraction of sp³-hybridized carbons (Fsp3) is 0. The maximum absolute atomic E-state index is 9.55. The summed E-state index contributed by atoms with van der Waals surface area (Å²) in [6.45, 7) is 0. The van der Waals surface area contributed by atoms with E-state index in [1.807, 2.05) is 0 Å². The zero-order valence-corrected chi connectivity index (χ0v) is 8.63. The third-order valence-electron chi connectivity index (χ3n) is 0.368. The molecule has 0 atom stereocenters. The summed E-state index contributed by atoms with van der Waals surface area (Å²) in [7, 11) is 0. The predicted molar refractivity (Wildman–Crippen MR) is 32.4 cm³/mol. The largest absolute Gasteiger partial charge is 1.00 e. The first-order valence-electron chi connectivity index (χ1n) is 2.40. The van der Waals surface area contributed by atoms with E-state index in [-0.39, 0.29) is 29.6 Å². The Balaban J connectivity index is -0.000000173. The molecule has 8 heteroatoms. The normalized spacial score (nSPS) is 7.69. The summed E-state index contributed by atoms with van der Waals surface area (Å²) in [5.74, 6) is -2.51. The Bertz CT molecular complexity index is 189. The van der Waals surface area contributed by atoms with Gasteiger partial charge in [-0.2, -0.15) is 0 Å². The molecule has 7 nitrogen and oxygen atoms in total. The molecule has 0 fully saturated rings. The summed E-state index contributed by atoms with van der Waals surface area (Å²) in [5, 5.41) is 30.9. The van der Waals surface area contributed by atoms with Gasteiger partial charge in [-0.3, -0.25) is 0 Å². The first-order valence-corrected chi connectivity index (χ1v) is 2.40. The zero-order valence-electron chi connectivity index (χ0n) is 6.63. The Labute approximate surface area is 94.6 Å². The number of aliphatic carboxylic acids is 2. The van der Waals surface area contributed by atoms with E-state index in [1.165, 1.54) is 0 Å². The molecule has 0 radical (unpaired) electrons. The van der Waals surface area contributed by atoms with Gasteiger partial charge in [0.25, 0.3) is 0 Å². The minimum absolute atomic E-state index is 0. The van der Waals surface area contributed by atoms with Crippen molar-refractivity contribution in [2.45, 2.75) is 0 Å². The first kappa shape index (κ1) is 17.9. The molecule has 0 amide bonds. The molecule has 0 aliphatic rings. The first-order chi connectivity index (χ1) is 5.36. The van der Waals surface area contributed by atoms with Crippen molar-refractivity contribution in [3.05, 3.63) is 12.2 Å². The van der Waals surface area contributed by atoms with E-state index in [4.69, 9.17) is 25.2 Å². The molecule has 0 unspecified atom stereocenters. The molecule has 3 N–H and O–H groups in total. The molecule has 0 rings (SSSR count). The molecule has 0 aliphatic heterocycles. The van der Waals surface area contributed by atoms with Crippen molar-refractivity contribution < 1.29 is 64.4 Å². The van der Waals surface area contributed by atoms with Gasteiger partial charge in [-0.15, -0.1) is 0 Å². The molecule has 0 saturated carbocycles. The van der Waals surface area contributed by atoms with E-state index in [2.05, 4.69) is 0 Å². The van der Waals surface area contributed by atoms with Crippen LogP contribution in [0.1, 0.15) is 0 Å². The van der Waals surface area contributed by atoms with Gasteiger partial charge in [-0.05, 0) is 0 Å². The molecule has 0 aliphatic carbocycles. The molecular weight excluding hydrogens is 195 g/mol. The maximum atomic E-state index is 9.55. The summed E-state index contributed by atoms with van der Waals surface area (Å²) in [6, 6.07) is 0. The summed E-state index contributed by atoms with van der Waals surface area (Å²) in [6.07, 6.45) is -0.968. The van der Waals surface area contributed by atoms with Crippen LogP contribution in [0.5, 0.6) is 0 Å². The average molecular weight is 200 g/mol. The van der Waals surface area contributed by atoms with Crippen LogP contribution in [-0.4, -0.2) is 33.4 Å². The quantitative estimate of drug-likeness (QED) is 0.302. The summed E-state index contributed by atoms with van der Waals surface area (Å²) in [4.78, 5) is 27.6. The summed E-state index contributed by atoms with van der Waals surface area (Å²) in [5.41, 5.74) is 0. The van der Waals surface area contributed by atoms with E-state index in [0.29, 0.717) is 12.2 Å². The van der Waals surface area contributed by atoms with Gasteiger partial charge in [0.2, 0.25) is 6.16 Å². The predicted octanol–water partition coefficient (Wildman–Crippen LogP) is -4.40. The zero-order chi connectivity index (χ0) is 10.1. The van der Waals surface area contributed by atoms with Gasteiger partial charge in [-0.1, -0.05) is 0 Å². The molecule has 0 bridgehead atoms. The Morgan fingerprint density at radius 1 is 0.923 bits per heavy atom. The van der Waals surface area contributed by atoms with E-state index < -0.39 is 18.1 Å². The summed E-state index contributed by atoms with van der Waals surface area (Å²) >= 11 is 0. The second kappa shape index (κ2) is 11.0. The molecule has 68 valence electrons. The fourth-order valence-corrected chi connectivity index (χ4v) is 0.143. The van der Waals surface area contributed by atoms with Crippen LogP contribution in [0.3, 0.4) is 0 Å². The SMILES string of the molecule is O=C(O)C=CC(=O)O.O=C([O-])O.[Na+]. The smallest absolute Gasteiger partial charge is 0.565 e. The Hall–Kier alpha value is -1.05. The van der Waals surface area contributed by atoms with Crippen molar-refractivity contribution in [3.63, 3.8) is 0 Å². The van der Waals surface area contributed by atoms with Crippen molar-refractivity contribution in [3.8, 4) is 0 Å². The Kier molecular flexibility index (Phi) is 15.1. The Morgan fingerprint density at radius 3 is 1.15 bits per heavy atom. The molecule has 0 heterocycles. The number of hydrogen-bond donors (Lipinski definition) is 3. The second-order valence-corrected chi connectivity index (χ2v) is 1.28. The van der Waals surface area contributed by atoms with E-state index >= 15 is 0 Å². The average Bonchev–Trinajstić information content (AvgIpc) is 1.82. The van der Waals surface area contributed by atoms with Gasteiger partial charge in [-0.25, -0.2) is 9.59 Å². The van der Waals surface area contributed by atoms with E-state index in [9.17, 15) is 9.59 Å². The van der Waals surface area contributed by atoms with Crippen molar-refractivity contribution in [2.75, 3.05) is 0 Å². The molecule has 0 aromatic carbocycles. The molecule has 13 heavy (non-hydrogen) atoms. The van der Waals surface area contributed by atoms with Crippen LogP contribution >= 0.6 is 0 Å². The van der Waals surface area contributed by atoms with Crippen LogP contribution in [0.4, 0.5) is 4.79 Å². The third kappa shape index (κ3) is 56.2. The van der Waals surface area contributed by atoms with E-state index in [0.717, 1.165) is 0 Å². The van der Waals surface area contributed by atoms with Crippen LogP contribution in [0.15, 0.2) is 12.2 Å². The fourth-order valence-electron chi connectivity index (χ4n) is 0.143. The van der Waals surface area contributed by atoms with Gasteiger partial charge in [0, 0.05) is 12.2 Å². The van der Waals surface area contributed by atoms with Crippen molar-refractivity contribution in [1.29, 1.82) is 0 Å². The topological polar surface area (TPSA) is 135 Å². The minimum atomic E-state index is -2.08. The minimum Gasteiger partial charge on any atom is -0.565 e. The van der Waals surface area contributed by atoms with Crippen molar-refractivity contribution in [2.24, 2.45) is 0 Å². The number of carboxylic acids is 2. The monoisotopic (exact) mass is 200 g/mol. The standard InChI is InChI=1S/C4H4O4.CH2O3.Na/c5-3(6)1-2-4(7)8;2-1(3)4;/h1-2H,(H,5,6)(H,7,8);(H2,2,3,4);/q;;+1/p-1. The number of rotatable bonds is 2. The second-order valence-electron chi connectivity index (χ2n) is 1.28. The van der Waals surface area contributed by atoms with Gasteiger partial charge < -0.3 is 25.2 Å². The van der Waals surface area contributed by atoms with Crippen molar-refractivity contribution >= 4 is 18.1 Å². The molecule has 0 spiro atoms. The van der Waals surface area contributed by atoms with Crippen LogP contribution in [0, 0.1) is 0 Å². The maximum Gasteiger partial charge on any atom is 1.00 e. The third-order valence-corrected chi connectivity index (χ3v) is 0.368. The van der Waals surface area contributed by atoms with Gasteiger partial charge in [0.05, 0.1) is 0 Å². The van der Waals surface area contributed by atoms with Crippen LogP contribution in [-0.2, 0) is 9.59 Å². The number of carbonyl (C=O) groups is 3. The van der Waals surface area contributed by atoms with E-state index in [1.54, 1.807) is 0 Å². The van der Waals surface area contributed by atoms with Crippen molar-refractivity contribution in [1.82, 2.24) is 0 Å². The van der Waals surface area contributed by atoms with Gasteiger partial charge >= 0.3 is 41.5 Å². The summed E-state index contributed by atoms with van der Waals surface area (Å²) < 4.78 is 0.